The molecular formula is C20H27ClN2O3S. The van der Waals surface area contributed by atoms with Crippen LogP contribution in [0.1, 0.15) is 44.1 Å². The number of benzene rings is 1. The van der Waals surface area contributed by atoms with Gasteiger partial charge in [-0.2, -0.15) is 0 Å². The Bertz CT molecular complexity index is 882. The van der Waals surface area contributed by atoms with E-state index in [0.29, 0.717) is 17.5 Å². The molecule has 1 aromatic carbocycles. The van der Waals surface area contributed by atoms with E-state index in [4.69, 9.17) is 11.6 Å². The van der Waals surface area contributed by atoms with Crippen molar-refractivity contribution in [3.8, 4) is 0 Å². The Labute approximate surface area is 166 Å². The van der Waals surface area contributed by atoms with Crippen molar-refractivity contribution in [1.82, 2.24) is 4.31 Å². The van der Waals surface area contributed by atoms with E-state index in [1.54, 1.807) is 18.2 Å². The van der Waals surface area contributed by atoms with Crippen LogP contribution in [-0.2, 0) is 14.8 Å². The van der Waals surface area contributed by atoms with Crippen LogP contribution in [0.5, 0.6) is 0 Å². The third-order valence-electron chi connectivity index (χ3n) is 6.71. The van der Waals surface area contributed by atoms with Gasteiger partial charge in [0.1, 0.15) is 0 Å². The van der Waals surface area contributed by atoms with Gasteiger partial charge >= 0.3 is 0 Å². The molecule has 0 saturated heterocycles. The lowest BCUT2D eigenvalue weighted by Crippen LogP contribution is -2.57. The number of amides is 1. The highest BCUT2D eigenvalue weighted by atomic mass is 35.5. The molecule has 4 aliphatic rings. The van der Waals surface area contributed by atoms with Crippen molar-refractivity contribution in [3.05, 3.63) is 23.8 Å². The summed E-state index contributed by atoms with van der Waals surface area (Å²) >= 11 is 6.85. The summed E-state index contributed by atoms with van der Waals surface area (Å²) in [5.74, 6) is 1.08. The fourth-order valence-electron chi connectivity index (χ4n) is 5.78. The molecule has 2 unspecified atom stereocenters. The first kappa shape index (κ1) is 19.2. The summed E-state index contributed by atoms with van der Waals surface area (Å²) in [4.78, 5) is 13.3. The Hall–Kier alpha value is -1.11. The Balaban J connectivity index is 1.62. The molecule has 0 heterocycles. The Kier molecular flexibility index (Phi) is 4.41. The van der Waals surface area contributed by atoms with Crippen LogP contribution >= 0.6 is 11.6 Å². The Morgan fingerprint density at radius 1 is 1.19 bits per heavy atom. The summed E-state index contributed by atoms with van der Waals surface area (Å²) in [5.41, 5.74) is 1.02. The summed E-state index contributed by atoms with van der Waals surface area (Å²) in [6.07, 6.45) is 5.77. The second-order valence-electron chi connectivity index (χ2n) is 9.11. The highest BCUT2D eigenvalue weighted by molar-refractivity contribution is 7.89. The van der Waals surface area contributed by atoms with Gasteiger partial charge in [-0.1, -0.05) is 6.07 Å². The summed E-state index contributed by atoms with van der Waals surface area (Å²) in [5, 5.41) is 3.06. The van der Waals surface area contributed by atoms with E-state index < -0.39 is 15.4 Å². The van der Waals surface area contributed by atoms with Gasteiger partial charge in [-0.25, -0.2) is 12.7 Å². The number of sulfonamides is 1. The Morgan fingerprint density at radius 2 is 1.81 bits per heavy atom. The van der Waals surface area contributed by atoms with Gasteiger partial charge in [0.05, 0.1) is 10.3 Å². The number of nitrogens with zero attached hydrogens (tertiary/aromatic N) is 1. The van der Waals surface area contributed by atoms with Crippen LogP contribution in [0.2, 0.25) is 0 Å². The first-order valence-corrected chi connectivity index (χ1v) is 11.4. The molecule has 5 nitrogen and oxygen atoms in total. The highest BCUT2D eigenvalue weighted by Gasteiger charge is 2.60. The average molecular weight is 411 g/mol. The number of hydrogen-bond donors (Lipinski definition) is 1. The minimum absolute atomic E-state index is 0.00382. The monoisotopic (exact) mass is 410 g/mol. The quantitative estimate of drug-likeness (QED) is 0.768. The molecule has 0 spiro atoms. The smallest absolute Gasteiger partial charge is 0.242 e. The maximum atomic E-state index is 13.3. The summed E-state index contributed by atoms with van der Waals surface area (Å²) in [6, 6.07) is 4.90. The van der Waals surface area contributed by atoms with Crippen LogP contribution in [0.3, 0.4) is 0 Å². The molecule has 5 rings (SSSR count). The third-order valence-corrected chi connectivity index (χ3v) is 8.96. The number of anilines is 1. The Morgan fingerprint density at radius 3 is 2.37 bits per heavy atom. The largest absolute Gasteiger partial charge is 0.325 e. The zero-order valence-corrected chi connectivity index (χ0v) is 17.7. The molecular weight excluding hydrogens is 384 g/mol. The van der Waals surface area contributed by atoms with Gasteiger partial charge in [-0.05, 0) is 75.0 Å². The number of carbonyl (C=O) groups excluding carboxylic acids is 1. The molecule has 7 heteroatoms. The number of alkyl halides is 1. The average Bonchev–Trinajstić information content (AvgIpc) is 2.54. The molecule has 1 aromatic rings. The summed E-state index contributed by atoms with van der Waals surface area (Å²) < 4.78 is 26.1. The lowest BCUT2D eigenvalue weighted by atomic mass is 9.49. The lowest BCUT2D eigenvalue weighted by molar-refractivity contribution is -0.138. The van der Waals surface area contributed by atoms with Crippen molar-refractivity contribution < 1.29 is 13.2 Å². The van der Waals surface area contributed by atoms with Gasteiger partial charge in [0.25, 0.3) is 0 Å². The molecule has 4 saturated carbocycles. The van der Waals surface area contributed by atoms with Crippen molar-refractivity contribution in [2.24, 2.45) is 17.3 Å². The molecule has 4 bridgehead atoms. The van der Waals surface area contributed by atoms with Gasteiger partial charge in [-0.15, -0.1) is 11.6 Å². The molecule has 1 amide bonds. The van der Waals surface area contributed by atoms with E-state index in [-0.39, 0.29) is 15.7 Å². The van der Waals surface area contributed by atoms with Crippen molar-refractivity contribution in [2.45, 2.75) is 55.2 Å². The summed E-state index contributed by atoms with van der Waals surface area (Å²) in [6.45, 7) is 1.88. The molecule has 4 aliphatic carbocycles. The standard InChI is InChI=1S/C20H27ClN2O3S/c1-13-4-5-16(27(25,26)23(2)3)7-17(13)22-18(24)19-8-14-6-15(9-19)11-20(21,10-14)12-19/h4-5,7,14-15H,6,8-12H2,1-3H3,(H,22,24). The number of aryl methyl sites for hydroxylation is 1. The third kappa shape index (κ3) is 3.19. The fourth-order valence-corrected chi connectivity index (χ4v) is 7.40. The topological polar surface area (TPSA) is 66.5 Å². The van der Waals surface area contributed by atoms with Crippen LogP contribution < -0.4 is 5.32 Å². The maximum absolute atomic E-state index is 13.3. The molecule has 148 valence electrons. The van der Waals surface area contributed by atoms with Crippen molar-refractivity contribution >= 4 is 33.2 Å². The molecule has 2 atom stereocenters. The van der Waals surface area contributed by atoms with Gasteiger partial charge < -0.3 is 5.32 Å². The van der Waals surface area contributed by atoms with E-state index in [9.17, 15) is 13.2 Å². The normalized spacial score (nSPS) is 34.9. The predicted octanol–water partition coefficient (Wildman–Crippen LogP) is 3.76. The number of carbonyl (C=O) groups is 1. The van der Waals surface area contributed by atoms with E-state index in [0.717, 1.165) is 37.7 Å². The van der Waals surface area contributed by atoms with E-state index in [2.05, 4.69) is 5.32 Å². The molecule has 0 aromatic heterocycles. The SMILES string of the molecule is Cc1ccc(S(=O)(=O)N(C)C)cc1NC(=O)C12CC3CC(CC(Cl)(C3)C1)C2. The molecule has 4 fully saturated rings. The minimum atomic E-state index is -3.55. The maximum Gasteiger partial charge on any atom is 0.242 e. The zero-order chi connectivity index (χ0) is 19.6. The van der Waals surface area contributed by atoms with E-state index in [1.165, 1.54) is 24.8 Å². The molecule has 1 N–H and O–H groups in total. The second-order valence-corrected chi connectivity index (χ2v) is 12.1. The molecule has 0 radical (unpaired) electrons. The van der Waals surface area contributed by atoms with Crippen molar-refractivity contribution in [2.75, 3.05) is 19.4 Å². The van der Waals surface area contributed by atoms with E-state index in [1.807, 2.05) is 6.92 Å². The van der Waals surface area contributed by atoms with Crippen LogP contribution in [0.25, 0.3) is 0 Å². The number of nitrogens with one attached hydrogen (secondary N) is 1. The second kappa shape index (κ2) is 6.19. The van der Waals surface area contributed by atoms with Crippen molar-refractivity contribution in [1.29, 1.82) is 0 Å². The predicted molar refractivity (Wildman–Crippen MR) is 106 cm³/mol. The molecule has 27 heavy (non-hydrogen) atoms. The van der Waals surface area contributed by atoms with Gasteiger partial charge in [0, 0.05) is 24.7 Å². The first-order valence-electron chi connectivity index (χ1n) is 9.57. The van der Waals surface area contributed by atoms with Crippen LogP contribution in [0.15, 0.2) is 23.1 Å². The fraction of sp³-hybridized carbons (Fsp3) is 0.650. The van der Waals surface area contributed by atoms with Gasteiger partial charge in [-0.3, -0.25) is 4.79 Å². The summed E-state index contributed by atoms with van der Waals surface area (Å²) in [7, 11) is -0.540. The van der Waals surface area contributed by atoms with Crippen LogP contribution in [-0.4, -0.2) is 37.6 Å². The van der Waals surface area contributed by atoms with Crippen LogP contribution in [0.4, 0.5) is 5.69 Å². The number of hydrogen-bond acceptors (Lipinski definition) is 3. The minimum Gasteiger partial charge on any atom is -0.325 e. The number of rotatable bonds is 4. The van der Waals surface area contributed by atoms with Gasteiger partial charge in [0.2, 0.25) is 15.9 Å². The van der Waals surface area contributed by atoms with E-state index >= 15 is 0 Å². The van der Waals surface area contributed by atoms with Gasteiger partial charge in [0.15, 0.2) is 0 Å². The first-order chi connectivity index (χ1) is 12.5. The zero-order valence-electron chi connectivity index (χ0n) is 16.1. The van der Waals surface area contributed by atoms with Crippen LogP contribution in [0, 0.1) is 24.2 Å². The highest BCUT2D eigenvalue weighted by Crippen LogP contribution is 2.64. The van der Waals surface area contributed by atoms with Crippen molar-refractivity contribution in [3.63, 3.8) is 0 Å². The molecule has 0 aliphatic heterocycles. The number of halogens is 1. The lowest BCUT2D eigenvalue weighted by Gasteiger charge is -2.59.